The number of benzene rings is 3. The van der Waals surface area contributed by atoms with Crippen LogP contribution in [-0.2, 0) is 20.9 Å². The first-order valence-electron chi connectivity index (χ1n) is 21.4. The molecule has 60 heavy (non-hydrogen) atoms. The van der Waals surface area contributed by atoms with Gasteiger partial charge in [0.1, 0.15) is 5.75 Å². The lowest BCUT2D eigenvalue weighted by Crippen LogP contribution is -2.58. The topological polar surface area (TPSA) is 144 Å². The van der Waals surface area contributed by atoms with Crippen molar-refractivity contribution < 1.29 is 23.9 Å². The van der Waals surface area contributed by atoms with Crippen LogP contribution in [0.5, 0.6) is 5.75 Å². The van der Waals surface area contributed by atoms with Gasteiger partial charge in [0.15, 0.2) is 6.10 Å². The molecule has 4 saturated heterocycles. The van der Waals surface area contributed by atoms with Crippen LogP contribution in [0, 0.1) is 12.8 Å². The molecular weight excluding hydrogens is 759 g/mol. The van der Waals surface area contributed by atoms with Gasteiger partial charge < -0.3 is 34.8 Å². The molecule has 4 fully saturated rings. The van der Waals surface area contributed by atoms with Crippen LogP contribution in [0.25, 0.3) is 11.3 Å². The second kappa shape index (κ2) is 18.7. The maximum Gasteiger partial charge on any atom is 0.317 e. The molecule has 14 nitrogen and oxygen atoms in total. The summed E-state index contributed by atoms with van der Waals surface area (Å²) in [5.41, 5.74) is 7.23. The quantitative estimate of drug-likeness (QED) is 0.142. The van der Waals surface area contributed by atoms with E-state index in [-0.39, 0.29) is 30.1 Å². The average molecular weight is 816 g/mol. The van der Waals surface area contributed by atoms with Crippen LogP contribution in [-0.4, -0.2) is 115 Å². The van der Waals surface area contributed by atoms with Gasteiger partial charge in [0.25, 0.3) is 5.91 Å². The number of urea groups is 1. The molecule has 4 amide bonds. The third-order valence-electron chi connectivity index (χ3n) is 12.0. The molecule has 5 heterocycles. The van der Waals surface area contributed by atoms with Crippen molar-refractivity contribution in [2.45, 2.75) is 71.3 Å². The fourth-order valence-electron chi connectivity index (χ4n) is 8.51. The number of nitrogens with zero attached hydrogens (tertiary/aromatic N) is 6. The van der Waals surface area contributed by atoms with Gasteiger partial charge in [-0.25, -0.2) is 14.8 Å². The summed E-state index contributed by atoms with van der Waals surface area (Å²) < 4.78 is 11.7. The Kier molecular flexibility index (Phi) is 12.8. The molecule has 1 atom stereocenters. The number of piperazine rings is 1. The van der Waals surface area contributed by atoms with Gasteiger partial charge >= 0.3 is 6.03 Å². The molecule has 0 aliphatic carbocycles. The van der Waals surface area contributed by atoms with Crippen molar-refractivity contribution >= 4 is 40.9 Å². The van der Waals surface area contributed by atoms with E-state index in [2.05, 4.69) is 85.0 Å². The van der Waals surface area contributed by atoms with Crippen LogP contribution >= 0.6 is 0 Å². The highest BCUT2D eigenvalue weighted by Gasteiger charge is 2.32. The fourth-order valence-corrected chi connectivity index (χ4v) is 8.51. The van der Waals surface area contributed by atoms with E-state index in [1.807, 2.05) is 44.2 Å². The lowest BCUT2D eigenvalue weighted by Gasteiger charge is -2.40. The molecular formula is C46H57N9O5. The summed E-state index contributed by atoms with van der Waals surface area (Å²) in [6, 6.07) is 24.5. The van der Waals surface area contributed by atoms with Crippen molar-refractivity contribution in [2.24, 2.45) is 5.92 Å². The van der Waals surface area contributed by atoms with E-state index in [4.69, 9.17) is 14.5 Å². The molecule has 1 aromatic heterocycles. The zero-order chi connectivity index (χ0) is 41.6. The number of piperidine rings is 2. The lowest BCUT2D eigenvalue weighted by molar-refractivity contribution is -0.138. The molecule has 1 unspecified atom stereocenters. The van der Waals surface area contributed by atoms with Gasteiger partial charge in [-0.15, -0.1) is 0 Å². The third-order valence-corrected chi connectivity index (χ3v) is 12.0. The van der Waals surface area contributed by atoms with E-state index in [9.17, 15) is 14.4 Å². The van der Waals surface area contributed by atoms with Crippen LogP contribution < -0.4 is 30.5 Å². The maximum atomic E-state index is 12.6. The molecule has 0 radical (unpaired) electrons. The zero-order valence-corrected chi connectivity index (χ0v) is 34.9. The summed E-state index contributed by atoms with van der Waals surface area (Å²) in [5.74, 6) is 1.27. The van der Waals surface area contributed by atoms with Gasteiger partial charge in [0, 0.05) is 100 Å². The monoisotopic (exact) mass is 815 g/mol. The standard InChI is InChI=1S/C46H57N9O5/c1-31(2)59-40-29-55(30-40)46(58)48-27-35-8-7-34(25-32(35)3)41-15-18-47-45(50-41)49-36-9-11-37(12-10-36)54-23-21-52(22-24-54)28-33-16-19-53(20-17-33)38-5-4-6-39(26-38)60-42-13-14-43(56)51-44(42)57/h4-12,15,18,25-26,31,33,40,42H,13-14,16-17,19-24,27-30H2,1-3H3,(H,48,58)(H,47,49,50)(H,51,56,57). The van der Waals surface area contributed by atoms with E-state index in [1.165, 1.54) is 5.69 Å². The predicted octanol–water partition coefficient (Wildman–Crippen LogP) is 5.74. The van der Waals surface area contributed by atoms with Crippen LogP contribution in [0.4, 0.5) is 27.8 Å². The first kappa shape index (κ1) is 41.0. The van der Waals surface area contributed by atoms with Gasteiger partial charge in [-0.1, -0.05) is 18.2 Å². The summed E-state index contributed by atoms with van der Waals surface area (Å²) in [4.78, 5) is 54.8. The number of carbonyl (C=O) groups excluding carboxylic acids is 3. The SMILES string of the molecule is Cc1cc(-c2ccnc(Nc3ccc(N4CCN(CC5CCN(c6cccc(OC7CCC(=O)NC7=O)c6)CC5)CC4)cc3)n2)ccc1CNC(=O)N1CC(OC(C)C)C1. The number of likely N-dealkylation sites (tertiary alicyclic amines) is 1. The van der Waals surface area contributed by atoms with Crippen LogP contribution in [0.2, 0.25) is 0 Å². The maximum absolute atomic E-state index is 12.6. The van der Waals surface area contributed by atoms with Crippen LogP contribution in [0.3, 0.4) is 0 Å². The number of aryl methyl sites for hydroxylation is 1. The molecule has 3 aromatic carbocycles. The summed E-state index contributed by atoms with van der Waals surface area (Å²) in [5, 5.41) is 8.79. The Morgan fingerprint density at radius 2 is 1.65 bits per heavy atom. The molecule has 0 bridgehead atoms. The van der Waals surface area contributed by atoms with Gasteiger partial charge in [-0.2, -0.15) is 0 Å². The Labute approximate surface area is 352 Å². The largest absolute Gasteiger partial charge is 0.481 e. The zero-order valence-electron chi connectivity index (χ0n) is 34.9. The summed E-state index contributed by atoms with van der Waals surface area (Å²) in [6.07, 6.45) is 4.43. The first-order valence-corrected chi connectivity index (χ1v) is 21.4. The minimum Gasteiger partial charge on any atom is -0.481 e. The second-order valence-corrected chi connectivity index (χ2v) is 16.7. The molecule has 4 aliphatic rings. The summed E-state index contributed by atoms with van der Waals surface area (Å²) in [6.45, 7) is 15.0. The smallest absolute Gasteiger partial charge is 0.317 e. The molecule has 316 valence electrons. The summed E-state index contributed by atoms with van der Waals surface area (Å²) in [7, 11) is 0. The number of rotatable bonds is 13. The van der Waals surface area contributed by atoms with Gasteiger partial charge in [0.2, 0.25) is 11.9 Å². The first-order chi connectivity index (χ1) is 29.1. The summed E-state index contributed by atoms with van der Waals surface area (Å²) >= 11 is 0. The molecule has 14 heteroatoms. The Morgan fingerprint density at radius 1 is 0.883 bits per heavy atom. The number of anilines is 4. The van der Waals surface area contributed by atoms with Crippen molar-refractivity contribution in [1.29, 1.82) is 0 Å². The Bertz CT molecular complexity index is 2130. The molecule has 8 rings (SSSR count). The van der Waals surface area contributed by atoms with Crippen LogP contribution in [0.15, 0.2) is 79.0 Å². The number of imide groups is 1. The number of nitrogens with one attached hydrogen (secondary N) is 3. The number of hydrogen-bond donors (Lipinski definition) is 3. The Morgan fingerprint density at radius 3 is 2.38 bits per heavy atom. The number of hydrogen-bond acceptors (Lipinski definition) is 11. The predicted molar refractivity (Wildman–Crippen MR) is 233 cm³/mol. The Hall–Kier alpha value is -5.73. The van der Waals surface area contributed by atoms with E-state index in [1.54, 1.807) is 11.1 Å². The van der Waals surface area contributed by atoms with E-state index in [0.29, 0.717) is 50.1 Å². The van der Waals surface area contributed by atoms with Crippen molar-refractivity contribution in [1.82, 2.24) is 30.4 Å². The van der Waals surface area contributed by atoms with Gasteiger partial charge in [-0.05, 0) is 99.2 Å². The van der Waals surface area contributed by atoms with Gasteiger partial charge in [-0.3, -0.25) is 19.8 Å². The molecule has 0 saturated carbocycles. The molecule has 4 aromatic rings. The molecule has 3 N–H and O–H groups in total. The minimum atomic E-state index is -0.629. The number of aromatic nitrogens is 2. The number of ether oxygens (including phenoxy) is 2. The average Bonchev–Trinajstić information content (AvgIpc) is 3.23. The second-order valence-electron chi connectivity index (χ2n) is 16.7. The molecule has 0 spiro atoms. The van der Waals surface area contributed by atoms with Gasteiger partial charge in [0.05, 0.1) is 31.0 Å². The van der Waals surface area contributed by atoms with Crippen molar-refractivity contribution in [3.8, 4) is 17.0 Å². The van der Waals surface area contributed by atoms with Crippen molar-refractivity contribution in [3.63, 3.8) is 0 Å². The normalized spacial score (nSPS) is 19.3. The minimum absolute atomic E-state index is 0.0628. The highest BCUT2D eigenvalue weighted by molar-refractivity contribution is 5.99. The fraction of sp³-hybridized carbons (Fsp3) is 0.457. The third kappa shape index (κ3) is 10.3. The lowest BCUT2D eigenvalue weighted by atomic mass is 9.95. The van der Waals surface area contributed by atoms with Crippen LogP contribution in [0.1, 0.15) is 50.7 Å². The Balaban J connectivity index is 0.760. The van der Waals surface area contributed by atoms with E-state index < -0.39 is 6.10 Å². The highest BCUT2D eigenvalue weighted by Crippen LogP contribution is 2.29. The number of amides is 4. The van der Waals surface area contributed by atoms with Crippen molar-refractivity contribution in [3.05, 3.63) is 90.1 Å². The number of carbonyl (C=O) groups is 3. The van der Waals surface area contributed by atoms with E-state index in [0.717, 1.165) is 92.4 Å². The van der Waals surface area contributed by atoms with E-state index >= 15 is 0 Å². The molecule has 4 aliphatic heterocycles. The van der Waals surface area contributed by atoms with Crippen molar-refractivity contribution in [2.75, 3.05) is 74.0 Å². The highest BCUT2D eigenvalue weighted by atomic mass is 16.5.